The highest BCUT2D eigenvalue weighted by atomic mass is 32.1. The maximum atomic E-state index is 11.4. The smallest absolute Gasteiger partial charge is 0.269 e. The zero-order chi connectivity index (χ0) is 10.4. The molecule has 0 aliphatic heterocycles. The molecule has 0 spiro atoms. The fourth-order valence-corrected chi connectivity index (χ4v) is 0.889. The average Bonchev–Trinajstić information content (AvgIpc) is 2.26. The van der Waals surface area contributed by atoms with Gasteiger partial charge in [0.2, 0.25) is 0 Å². The van der Waals surface area contributed by atoms with Crippen LogP contribution in [0, 0.1) is 0 Å². The number of carbonyl (C=O) groups is 1. The van der Waals surface area contributed by atoms with Gasteiger partial charge in [-0.15, -0.1) is 0 Å². The maximum absolute atomic E-state index is 11.4. The van der Waals surface area contributed by atoms with E-state index in [0.29, 0.717) is 10.7 Å². The van der Waals surface area contributed by atoms with Crippen LogP contribution in [-0.2, 0) is 0 Å². The number of rotatable bonds is 1. The minimum atomic E-state index is -0.219. The standard InChI is InChI=1S/C9H11N3OS/c1-10-9(14)12-11-8(13)7-5-3-2-4-6-7/h2-6H,1H3,(H,11,13)(H2,10,12,14). The molecular formula is C9H11N3OS. The van der Waals surface area contributed by atoms with Crippen LogP contribution in [0.1, 0.15) is 10.4 Å². The highest BCUT2D eigenvalue weighted by Gasteiger charge is 2.02. The van der Waals surface area contributed by atoms with Gasteiger partial charge in [-0.05, 0) is 24.4 Å². The van der Waals surface area contributed by atoms with E-state index in [1.165, 1.54) is 0 Å². The van der Waals surface area contributed by atoms with Gasteiger partial charge in [-0.25, -0.2) is 0 Å². The molecule has 0 aliphatic carbocycles. The summed E-state index contributed by atoms with van der Waals surface area (Å²) in [6, 6.07) is 8.89. The number of nitrogens with one attached hydrogen (secondary N) is 3. The lowest BCUT2D eigenvalue weighted by atomic mass is 10.2. The molecule has 1 amide bonds. The molecule has 0 atom stereocenters. The van der Waals surface area contributed by atoms with E-state index in [-0.39, 0.29) is 5.91 Å². The predicted molar refractivity (Wildman–Crippen MR) is 58.7 cm³/mol. The Bertz CT molecular complexity index is 326. The second kappa shape index (κ2) is 5.18. The SMILES string of the molecule is CNC(=S)NNC(=O)c1ccccc1. The summed E-state index contributed by atoms with van der Waals surface area (Å²) in [5.74, 6) is -0.219. The third kappa shape index (κ3) is 3.02. The fourth-order valence-electron chi connectivity index (χ4n) is 0.838. The van der Waals surface area contributed by atoms with Crippen LogP contribution < -0.4 is 16.2 Å². The first kappa shape index (κ1) is 10.5. The Balaban J connectivity index is 2.48. The van der Waals surface area contributed by atoms with Crippen molar-refractivity contribution in [2.75, 3.05) is 7.05 Å². The molecule has 14 heavy (non-hydrogen) atoms. The molecule has 0 fully saturated rings. The van der Waals surface area contributed by atoms with Crippen molar-refractivity contribution in [1.29, 1.82) is 0 Å². The molecule has 0 heterocycles. The van der Waals surface area contributed by atoms with E-state index in [1.807, 2.05) is 6.07 Å². The molecule has 5 heteroatoms. The quantitative estimate of drug-likeness (QED) is 0.463. The number of hydrogen-bond acceptors (Lipinski definition) is 2. The molecular weight excluding hydrogens is 198 g/mol. The van der Waals surface area contributed by atoms with Crippen LogP contribution in [0.5, 0.6) is 0 Å². The largest absolute Gasteiger partial charge is 0.364 e. The van der Waals surface area contributed by atoms with Crippen molar-refractivity contribution in [1.82, 2.24) is 16.2 Å². The monoisotopic (exact) mass is 209 g/mol. The molecule has 4 nitrogen and oxygen atoms in total. The van der Waals surface area contributed by atoms with Crippen LogP contribution in [0.3, 0.4) is 0 Å². The number of amides is 1. The van der Waals surface area contributed by atoms with E-state index in [2.05, 4.69) is 16.2 Å². The van der Waals surface area contributed by atoms with Gasteiger partial charge in [0.25, 0.3) is 5.91 Å². The topological polar surface area (TPSA) is 53.2 Å². The minimum absolute atomic E-state index is 0.219. The van der Waals surface area contributed by atoms with Crippen molar-refractivity contribution in [3.63, 3.8) is 0 Å². The lowest BCUT2D eigenvalue weighted by Gasteiger charge is -2.08. The van der Waals surface area contributed by atoms with E-state index >= 15 is 0 Å². The zero-order valence-electron chi connectivity index (χ0n) is 7.70. The van der Waals surface area contributed by atoms with E-state index in [4.69, 9.17) is 12.2 Å². The highest BCUT2D eigenvalue weighted by Crippen LogP contribution is 1.96. The van der Waals surface area contributed by atoms with Crippen LogP contribution >= 0.6 is 12.2 Å². The van der Waals surface area contributed by atoms with Crippen LogP contribution in [0.2, 0.25) is 0 Å². The molecule has 0 aliphatic rings. The summed E-state index contributed by atoms with van der Waals surface area (Å²) in [5, 5.41) is 3.05. The summed E-state index contributed by atoms with van der Waals surface area (Å²) in [7, 11) is 1.67. The summed E-state index contributed by atoms with van der Waals surface area (Å²) < 4.78 is 0. The molecule has 1 aromatic rings. The number of benzene rings is 1. The van der Waals surface area contributed by atoms with Gasteiger partial charge in [0, 0.05) is 12.6 Å². The van der Waals surface area contributed by atoms with Crippen molar-refractivity contribution >= 4 is 23.2 Å². The van der Waals surface area contributed by atoms with E-state index in [1.54, 1.807) is 31.3 Å². The number of hydrogen-bond donors (Lipinski definition) is 3. The van der Waals surface area contributed by atoms with E-state index in [0.717, 1.165) is 0 Å². The van der Waals surface area contributed by atoms with Gasteiger partial charge in [-0.3, -0.25) is 15.6 Å². The van der Waals surface area contributed by atoms with Gasteiger partial charge >= 0.3 is 0 Å². The third-order valence-corrected chi connectivity index (χ3v) is 1.86. The van der Waals surface area contributed by atoms with E-state index in [9.17, 15) is 4.79 Å². The first-order valence-electron chi connectivity index (χ1n) is 4.07. The lowest BCUT2D eigenvalue weighted by molar-refractivity contribution is 0.0944. The average molecular weight is 209 g/mol. The molecule has 0 saturated carbocycles. The molecule has 3 N–H and O–H groups in total. The van der Waals surface area contributed by atoms with Gasteiger partial charge < -0.3 is 5.32 Å². The Morgan fingerprint density at radius 3 is 2.43 bits per heavy atom. The Kier molecular flexibility index (Phi) is 3.87. The predicted octanol–water partition coefficient (Wildman–Crippen LogP) is 0.425. The third-order valence-electron chi connectivity index (χ3n) is 1.55. The summed E-state index contributed by atoms with van der Waals surface area (Å²) in [6.45, 7) is 0. The second-order valence-corrected chi connectivity index (χ2v) is 2.93. The van der Waals surface area contributed by atoms with Gasteiger partial charge in [0.05, 0.1) is 0 Å². The van der Waals surface area contributed by atoms with Crippen LogP contribution in [0.4, 0.5) is 0 Å². The summed E-state index contributed by atoms with van der Waals surface area (Å²) in [6.07, 6.45) is 0. The number of carbonyl (C=O) groups excluding carboxylic acids is 1. The van der Waals surface area contributed by atoms with Crippen LogP contribution in [0.15, 0.2) is 30.3 Å². The molecule has 74 valence electrons. The normalized spacial score (nSPS) is 8.93. The zero-order valence-corrected chi connectivity index (χ0v) is 8.52. The minimum Gasteiger partial charge on any atom is -0.364 e. The van der Waals surface area contributed by atoms with Crippen LogP contribution in [0.25, 0.3) is 0 Å². The fraction of sp³-hybridized carbons (Fsp3) is 0.111. The number of hydrazine groups is 1. The van der Waals surface area contributed by atoms with Crippen molar-refractivity contribution in [2.24, 2.45) is 0 Å². The highest BCUT2D eigenvalue weighted by molar-refractivity contribution is 7.80. The van der Waals surface area contributed by atoms with Crippen molar-refractivity contribution in [2.45, 2.75) is 0 Å². The molecule has 0 radical (unpaired) electrons. The lowest BCUT2D eigenvalue weighted by Crippen LogP contribution is -2.45. The molecule has 0 saturated heterocycles. The Labute approximate surface area is 87.7 Å². The molecule has 1 rings (SSSR count). The molecule has 0 aromatic heterocycles. The molecule has 1 aromatic carbocycles. The second-order valence-electron chi connectivity index (χ2n) is 2.52. The van der Waals surface area contributed by atoms with Crippen molar-refractivity contribution < 1.29 is 4.79 Å². The summed E-state index contributed by atoms with van der Waals surface area (Å²) in [4.78, 5) is 11.4. The summed E-state index contributed by atoms with van der Waals surface area (Å²) >= 11 is 4.79. The molecule has 0 unspecified atom stereocenters. The van der Waals surface area contributed by atoms with Gasteiger partial charge in [0.1, 0.15) is 0 Å². The first-order chi connectivity index (χ1) is 6.74. The van der Waals surface area contributed by atoms with Crippen LogP contribution in [-0.4, -0.2) is 18.1 Å². The number of thiocarbonyl (C=S) groups is 1. The molecule has 0 bridgehead atoms. The van der Waals surface area contributed by atoms with Gasteiger partial charge in [-0.2, -0.15) is 0 Å². The maximum Gasteiger partial charge on any atom is 0.269 e. The summed E-state index contributed by atoms with van der Waals surface area (Å²) in [5.41, 5.74) is 5.59. The van der Waals surface area contributed by atoms with Crippen molar-refractivity contribution in [3.05, 3.63) is 35.9 Å². The van der Waals surface area contributed by atoms with Crippen molar-refractivity contribution in [3.8, 4) is 0 Å². The van der Waals surface area contributed by atoms with E-state index < -0.39 is 0 Å². The first-order valence-corrected chi connectivity index (χ1v) is 4.48. The Morgan fingerprint density at radius 1 is 1.21 bits per heavy atom. The Morgan fingerprint density at radius 2 is 1.86 bits per heavy atom. The van der Waals surface area contributed by atoms with Gasteiger partial charge in [0.15, 0.2) is 5.11 Å². The Hall–Kier alpha value is -1.62. The van der Waals surface area contributed by atoms with Gasteiger partial charge in [-0.1, -0.05) is 18.2 Å².